The van der Waals surface area contributed by atoms with Crippen molar-refractivity contribution in [1.29, 1.82) is 0 Å². The van der Waals surface area contributed by atoms with Gasteiger partial charge >= 0.3 is 6.01 Å². The largest absolute Gasteiger partial charge is 0.353 e. The Labute approximate surface area is 145 Å². The minimum absolute atomic E-state index is 0.0977. The van der Waals surface area contributed by atoms with Gasteiger partial charge in [-0.3, -0.25) is 4.79 Å². The van der Waals surface area contributed by atoms with E-state index in [4.69, 9.17) is 16.1 Å². The summed E-state index contributed by atoms with van der Waals surface area (Å²) in [5.74, 6) is 0.848. The molecule has 0 radical (unpaired) electrons. The number of rotatable bonds is 4. The normalized spacial score (nSPS) is 18.6. The molecular formula is C17H19ClN4O2. The highest BCUT2D eigenvalue weighted by Gasteiger charge is 2.31. The molecule has 126 valence electrons. The fraction of sp³-hybridized carbons (Fsp3) is 0.471. The average Bonchev–Trinajstić information content (AvgIpc) is 3.28. The molecule has 2 aromatic rings. The second kappa shape index (κ2) is 6.43. The number of halogens is 1. The molecule has 6 nitrogen and oxygen atoms in total. The van der Waals surface area contributed by atoms with Crippen LogP contribution in [0.2, 0.25) is 5.02 Å². The van der Waals surface area contributed by atoms with Crippen molar-refractivity contribution in [3.05, 3.63) is 29.3 Å². The quantitative estimate of drug-likeness (QED) is 0.921. The van der Waals surface area contributed by atoms with Gasteiger partial charge in [-0.1, -0.05) is 16.8 Å². The molecule has 1 aliphatic carbocycles. The van der Waals surface area contributed by atoms with Crippen LogP contribution in [0, 0.1) is 5.92 Å². The summed E-state index contributed by atoms with van der Waals surface area (Å²) in [6.45, 7) is 1.51. The minimum atomic E-state index is 0.0977. The van der Waals surface area contributed by atoms with Gasteiger partial charge in [0.05, 0.1) is 0 Å². The molecule has 1 N–H and O–H groups in total. The van der Waals surface area contributed by atoms with E-state index in [9.17, 15) is 4.79 Å². The summed E-state index contributed by atoms with van der Waals surface area (Å²) < 4.78 is 5.39. The SMILES string of the molecule is O=C(NC1CC1)C1CCN(c2nc(-c3ccc(Cl)cc3)no2)CC1. The van der Waals surface area contributed by atoms with Gasteiger partial charge in [-0.15, -0.1) is 0 Å². The Kier molecular flexibility index (Phi) is 4.14. The third kappa shape index (κ3) is 3.38. The van der Waals surface area contributed by atoms with Crippen LogP contribution in [0.4, 0.5) is 6.01 Å². The van der Waals surface area contributed by atoms with E-state index in [0.29, 0.717) is 22.9 Å². The summed E-state index contributed by atoms with van der Waals surface area (Å²) in [6.07, 6.45) is 3.88. The Bertz CT molecular complexity index is 718. The predicted molar refractivity (Wildman–Crippen MR) is 90.8 cm³/mol. The molecule has 4 rings (SSSR count). The second-order valence-corrected chi connectivity index (χ2v) is 6.89. The van der Waals surface area contributed by atoms with Crippen LogP contribution in [0.1, 0.15) is 25.7 Å². The summed E-state index contributed by atoms with van der Waals surface area (Å²) in [5, 5.41) is 7.81. The van der Waals surface area contributed by atoms with Gasteiger partial charge in [-0.05, 0) is 49.9 Å². The van der Waals surface area contributed by atoms with Crippen LogP contribution in [-0.4, -0.2) is 35.2 Å². The zero-order chi connectivity index (χ0) is 16.5. The number of piperidine rings is 1. The predicted octanol–water partition coefficient (Wildman–Crippen LogP) is 2.89. The minimum Gasteiger partial charge on any atom is -0.353 e. The number of hydrogen-bond donors (Lipinski definition) is 1. The lowest BCUT2D eigenvalue weighted by Crippen LogP contribution is -2.41. The van der Waals surface area contributed by atoms with Crippen molar-refractivity contribution < 1.29 is 9.32 Å². The van der Waals surface area contributed by atoms with E-state index in [2.05, 4.69) is 15.5 Å². The van der Waals surface area contributed by atoms with Gasteiger partial charge in [-0.25, -0.2) is 0 Å². The number of carbonyl (C=O) groups is 1. The van der Waals surface area contributed by atoms with Crippen LogP contribution in [-0.2, 0) is 4.79 Å². The number of benzene rings is 1. The number of amides is 1. The fourth-order valence-corrected chi connectivity index (χ4v) is 3.07. The van der Waals surface area contributed by atoms with Crippen LogP contribution >= 0.6 is 11.6 Å². The molecule has 2 heterocycles. The highest BCUT2D eigenvalue weighted by atomic mass is 35.5. The van der Waals surface area contributed by atoms with E-state index in [1.54, 1.807) is 12.1 Å². The van der Waals surface area contributed by atoms with Crippen LogP contribution in [0.5, 0.6) is 0 Å². The van der Waals surface area contributed by atoms with Gasteiger partial charge in [0.25, 0.3) is 0 Å². The molecule has 0 atom stereocenters. The molecule has 1 aromatic carbocycles. The summed E-state index contributed by atoms with van der Waals surface area (Å²) in [6, 6.07) is 8.28. The van der Waals surface area contributed by atoms with Crippen molar-refractivity contribution in [3.63, 3.8) is 0 Å². The number of carbonyl (C=O) groups excluding carboxylic acids is 1. The van der Waals surface area contributed by atoms with Crippen molar-refractivity contribution >= 4 is 23.5 Å². The first kappa shape index (κ1) is 15.4. The monoisotopic (exact) mass is 346 g/mol. The standard InChI is InChI=1S/C17H19ClN4O2/c18-13-3-1-11(2-4-13)15-20-17(24-21-15)22-9-7-12(8-10-22)16(23)19-14-5-6-14/h1-4,12,14H,5-10H2,(H,19,23). The Hall–Kier alpha value is -2.08. The molecule has 24 heavy (non-hydrogen) atoms. The number of hydrogen-bond acceptors (Lipinski definition) is 5. The van der Waals surface area contributed by atoms with E-state index in [1.165, 1.54) is 0 Å². The van der Waals surface area contributed by atoms with Gasteiger partial charge in [-0.2, -0.15) is 4.98 Å². The summed E-state index contributed by atoms with van der Waals surface area (Å²) >= 11 is 5.90. The number of anilines is 1. The Morgan fingerprint density at radius 2 is 1.88 bits per heavy atom. The number of nitrogens with one attached hydrogen (secondary N) is 1. The van der Waals surface area contributed by atoms with Crippen molar-refractivity contribution in [2.24, 2.45) is 5.92 Å². The molecule has 1 amide bonds. The first-order chi connectivity index (χ1) is 11.7. The van der Waals surface area contributed by atoms with Crippen LogP contribution in [0.15, 0.2) is 28.8 Å². The fourth-order valence-electron chi connectivity index (χ4n) is 2.94. The molecule has 0 spiro atoms. The Morgan fingerprint density at radius 1 is 1.17 bits per heavy atom. The maximum atomic E-state index is 12.1. The molecular weight excluding hydrogens is 328 g/mol. The van der Waals surface area contributed by atoms with Gasteiger partial charge in [0.2, 0.25) is 11.7 Å². The molecule has 0 unspecified atom stereocenters. The summed E-state index contributed by atoms with van der Waals surface area (Å²) in [7, 11) is 0. The molecule has 1 saturated heterocycles. The zero-order valence-corrected chi connectivity index (χ0v) is 14.0. The smallest absolute Gasteiger partial charge is 0.324 e. The maximum absolute atomic E-state index is 12.1. The molecule has 1 aromatic heterocycles. The average molecular weight is 347 g/mol. The van der Waals surface area contributed by atoms with Crippen molar-refractivity contribution in [1.82, 2.24) is 15.5 Å². The lowest BCUT2D eigenvalue weighted by Gasteiger charge is -2.29. The topological polar surface area (TPSA) is 71.3 Å². The molecule has 1 aliphatic heterocycles. The third-order valence-electron chi connectivity index (χ3n) is 4.58. The first-order valence-corrected chi connectivity index (χ1v) is 8.72. The maximum Gasteiger partial charge on any atom is 0.324 e. The second-order valence-electron chi connectivity index (χ2n) is 6.45. The van der Waals surface area contributed by atoms with Gasteiger partial charge in [0, 0.05) is 35.6 Å². The molecule has 2 aliphatic rings. The zero-order valence-electron chi connectivity index (χ0n) is 13.2. The first-order valence-electron chi connectivity index (χ1n) is 8.34. The van der Waals surface area contributed by atoms with E-state index in [-0.39, 0.29) is 11.8 Å². The van der Waals surface area contributed by atoms with Crippen molar-refractivity contribution in [2.45, 2.75) is 31.7 Å². The highest BCUT2D eigenvalue weighted by Crippen LogP contribution is 2.26. The lowest BCUT2D eigenvalue weighted by atomic mass is 9.96. The lowest BCUT2D eigenvalue weighted by molar-refractivity contribution is -0.125. The molecule has 2 fully saturated rings. The van der Waals surface area contributed by atoms with Crippen molar-refractivity contribution in [2.75, 3.05) is 18.0 Å². The summed E-state index contributed by atoms with van der Waals surface area (Å²) in [5.41, 5.74) is 0.869. The number of aromatic nitrogens is 2. The molecule has 0 bridgehead atoms. The van der Waals surface area contributed by atoms with E-state index in [1.807, 2.05) is 17.0 Å². The van der Waals surface area contributed by atoms with Crippen LogP contribution < -0.4 is 10.2 Å². The summed E-state index contributed by atoms with van der Waals surface area (Å²) in [4.78, 5) is 18.6. The van der Waals surface area contributed by atoms with Crippen LogP contribution in [0.3, 0.4) is 0 Å². The molecule has 7 heteroatoms. The van der Waals surface area contributed by atoms with Gasteiger partial charge < -0.3 is 14.7 Å². The third-order valence-corrected chi connectivity index (χ3v) is 4.83. The van der Waals surface area contributed by atoms with Gasteiger partial charge in [0.15, 0.2) is 0 Å². The Balaban J connectivity index is 1.37. The Morgan fingerprint density at radius 3 is 2.54 bits per heavy atom. The van der Waals surface area contributed by atoms with E-state index < -0.39 is 0 Å². The van der Waals surface area contributed by atoms with E-state index in [0.717, 1.165) is 44.3 Å². The van der Waals surface area contributed by atoms with Crippen molar-refractivity contribution in [3.8, 4) is 11.4 Å². The number of nitrogens with zero attached hydrogens (tertiary/aromatic N) is 3. The van der Waals surface area contributed by atoms with Gasteiger partial charge in [0.1, 0.15) is 0 Å². The van der Waals surface area contributed by atoms with E-state index >= 15 is 0 Å². The molecule has 1 saturated carbocycles. The van der Waals surface area contributed by atoms with Crippen LogP contribution in [0.25, 0.3) is 11.4 Å². The highest BCUT2D eigenvalue weighted by molar-refractivity contribution is 6.30.